The molecular formula is C19H22N6O2. The van der Waals surface area contributed by atoms with Crippen molar-refractivity contribution in [2.24, 2.45) is 0 Å². The number of hydrogen-bond donors (Lipinski definition) is 2. The Bertz CT molecular complexity index is 886. The van der Waals surface area contributed by atoms with E-state index in [1.54, 1.807) is 6.20 Å². The largest absolute Gasteiger partial charge is 0.378 e. The van der Waals surface area contributed by atoms with Crippen LogP contribution in [0.3, 0.4) is 0 Å². The van der Waals surface area contributed by atoms with Gasteiger partial charge in [0.25, 0.3) is 5.91 Å². The zero-order valence-electron chi connectivity index (χ0n) is 15.0. The lowest BCUT2D eigenvalue weighted by atomic mass is 10.3. The van der Waals surface area contributed by atoms with Gasteiger partial charge in [0.05, 0.1) is 30.7 Å². The molecule has 1 fully saturated rings. The fourth-order valence-corrected chi connectivity index (χ4v) is 3.09. The Labute approximate surface area is 157 Å². The predicted octanol–water partition coefficient (Wildman–Crippen LogP) is 1.41. The summed E-state index contributed by atoms with van der Waals surface area (Å²) in [5, 5.41) is 14.3. The highest BCUT2D eigenvalue weighted by atomic mass is 16.5. The normalized spacial score (nSPS) is 14.3. The summed E-state index contributed by atoms with van der Waals surface area (Å²) in [5.74, 6) is 0.608. The van der Waals surface area contributed by atoms with E-state index in [2.05, 4.69) is 25.7 Å². The number of carbonyl (C=O) groups is 1. The van der Waals surface area contributed by atoms with Gasteiger partial charge in [-0.3, -0.25) is 4.79 Å². The molecule has 0 radical (unpaired) electrons. The molecule has 0 saturated carbocycles. The van der Waals surface area contributed by atoms with Gasteiger partial charge >= 0.3 is 0 Å². The van der Waals surface area contributed by atoms with Crippen molar-refractivity contribution >= 4 is 22.9 Å². The lowest BCUT2D eigenvalue weighted by molar-refractivity contribution is 0.0955. The summed E-state index contributed by atoms with van der Waals surface area (Å²) in [4.78, 5) is 14.5. The van der Waals surface area contributed by atoms with Gasteiger partial charge in [0.2, 0.25) is 0 Å². The number of morpholine rings is 1. The monoisotopic (exact) mass is 366 g/mol. The second-order valence-corrected chi connectivity index (χ2v) is 6.34. The molecule has 0 unspecified atom stereocenters. The smallest absolute Gasteiger partial charge is 0.252 e. The van der Waals surface area contributed by atoms with Crippen LogP contribution in [-0.4, -0.2) is 59.9 Å². The maximum atomic E-state index is 12.3. The molecule has 8 nitrogen and oxygen atoms in total. The van der Waals surface area contributed by atoms with Gasteiger partial charge < -0.3 is 24.7 Å². The minimum absolute atomic E-state index is 0.0892. The number of amides is 1. The van der Waals surface area contributed by atoms with Gasteiger partial charge in [0.15, 0.2) is 5.82 Å². The van der Waals surface area contributed by atoms with E-state index < -0.39 is 0 Å². The SMILES string of the molecule is O=C(NCCNc1cc(N2CCOCC2)cnn1)c1cc2ccccn2c1. The molecule has 2 N–H and O–H groups in total. The third kappa shape index (κ3) is 4.17. The Morgan fingerprint density at radius 3 is 2.93 bits per heavy atom. The molecular weight excluding hydrogens is 344 g/mol. The molecule has 0 aromatic carbocycles. The Kier molecular flexibility index (Phi) is 5.15. The second-order valence-electron chi connectivity index (χ2n) is 6.34. The number of anilines is 2. The van der Waals surface area contributed by atoms with Crippen LogP contribution in [0.2, 0.25) is 0 Å². The molecule has 0 aliphatic carbocycles. The Hall–Kier alpha value is -3.13. The summed E-state index contributed by atoms with van der Waals surface area (Å²) < 4.78 is 7.30. The fraction of sp³-hybridized carbons (Fsp3) is 0.316. The van der Waals surface area contributed by atoms with Gasteiger partial charge in [-0.1, -0.05) is 6.07 Å². The van der Waals surface area contributed by atoms with E-state index >= 15 is 0 Å². The molecule has 140 valence electrons. The summed E-state index contributed by atoms with van der Waals surface area (Å²) in [7, 11) is 0. The third-order valence-electron chi connectivity index (χ3n) is 4.50. The number of pyridine rings is 1. The number of fused-ring (bicyclic) bond motifs is 1. The minimum Gasteiger partial charge on any atom is -0.378 e. The van der Waals surface area contributed by atoms with Crippen LogP contribution in [0.4, 0.5) is 11.5 Å². The molecule has 1 saturated heterocycles. The summed E-state index contributed by atoms with van der Waals surface area (Å²) in [6, 6.07) is 9.71. The van der Waals surface area contributed by atoms with Gasteiger partial charge in [-0.05, 0) is 18.2 Å². The van der Waals surface area contributed by atoms with Crippen LogP contribution < -0.4 is 15.5 Å². The number of nitrogens with zero attached hydrogens (tertiary/aromatic N) is 4. The first-order valence-corrected chi connectivity index (χ1v) is 9.04. The van der Waals surface area contributed by atoms with Crippen molar-refractivity contribution in [2.75, 3.05) is 49.6 Å². The molecule has 3 aromatic rings. The molecule has 27 heavy (non-hydrogen) atoms. The van der Waals surface area contributed by atoms with E-state index in [-0.39, 0.29) is 5.91 Å². The van der Waals surface area contributed by atoms with Crippen molar-refractivity contribution in [2.45, 2.75) is 0 Å². The molecule has 1 aliphatic heterocycles. The second kappa shape index (κ2) is 8.05. The first-order chi connectivity index (χ1) is 13.3. The summed E-state index contributed by atoms with van der Waals surface area (Å²) >= 11 is 0. The fourth-order valence-electron chi connectivity index (χ4n) is 3.09. The molecule has 8 heteroatoms. The van der Waals surface area contributed by atoms with E-state index in [1.807, 2.05) is 47.1 Å². The molecule has 1 amide bonds. The molecule has 0 bridgehead atoms. The highest BCUT2D eigenvalue weighted by Crippen LogP contribution is 2.17. The Balaban J connectivity index is 1.27. The van der Waals surface area contributed by atoms with Crippen LogP contribution in [0.15, 0.2) is 48.9 Å². The average molecular weight is 366 g/mol. The van der Waals surface area contributed by atoms with Crippen molar-refractivity contribution in [1.82, 2.24) is 19.9 Å². The lowest BCUT2D eigenvalue weighted by Gasteiger charge is -2.28. The topological polar surface area (TPSA) is 83.8 Å². The lowest BCUT2D eigenvalue weighted by Crippen LogP contribution is -2.36. The first kappa shape index (κ1) is 17.3. The number of hydrogen-bond acceptors (Lipinski definition) is 6. The highest BCUT2D eigenvalue weighted by Gasteiger charge is 2.12. The first-order valence-electron chi connectivity index (χ1n) is 9.04. The number of ether oxygens (including phenoxy) is 1. The maximum absolute atomic E-state index is 12.3. The van der Waals surface area contributed by atoms with Gasteiger partial charge in [0, 0.05) is 50.2 Å². The molecule has 4 rings (SSSR count). The number of aromatic nitrogens is 3. The van der Waals surface area contributed by atoms with Crippen LogP contribution in [0.1, 0.15) is 10.4 Å². The van der Waals surface area contributed by atoms with E-state index in [9.17, 15) is 4.79 Å². The Morgan fingerprint density at radius 1 is 1.19 bits per heavy atom. The zero-order chi connectivity index (χ0) is 18.5. The summed E-state index contributed by atoms with van der Waals surface area (Å²) in [5.41, 5.74) is 2.67. The quantitative estimate of drug-likeness (QED) is 0.642. The van der Waals surface area contributed by atoms with E-state index in [1.165, 1.54) is 0 Å². The van der Waals surface area contributed by atoms with Gasteiger partial charge in [0.1, 0.15) is 0 Å². The maximum Gasteiger partial charge on any atom is 0.252 e. The molecule has 1 aliphatic rings. The Morgan fingerprint density at radius 2 is 2.07 bits per heavy atom. The number of carbonyl (C=O) groups excluding carboxylic acids is 1. The number of nitrogens with one attached hydrogen (secondary N) is 2. The minimum atomic E-state index is -0.0892. The van der Waals surface area contributed by atoms with E-state index in [4.69, 9.17) is 4.74 Å². The van der Waals surface area contributed by atoms with Crippen molar-refractivity contribution in [3.8, 4) is 0 Å². The van der Waals surface area contributed by atoms with Crippen LogP contribution in [0, 0.1) is 0 Å². The molecule has 4 heterocycles. The highest BCUT2D eigenvalue weighted by molar-refractivity contribution is 5.95. The van der Waals surface area contributed by atoms with Gasteiger partial charge in [-0.2, -0.15) is 5.10 Å². The van der Waals surface area contributed by atoms with E-state index in [0.29, 0.717) is 24.5 Å². The average Bonchev–Trinajstić information content (AvgIpc) is 3.16. The van der Waals surface area contributed by atoms with Crippen LogP contribution in [-0.2, 0) is 4.74 Å². The van der Waals surface area contributed by atoms with Crippen molar-refractivity contribution in [3.05, 3.63) is 54.5 Å². The zero-order valence-corrected chi connectivity index (χ0v) is 15.0. The summed E-state index contributed by atoms with van der Waals surface area (Å²) in [6.07, 6.45) is 5.51. The van der Waals surface area contributed by atoms with Crippen LogP contribution >= 0.6 is 0 Å². The van der Waals surface area contributed by atoms with Gasteiger partial charge in [-0.25, -0.2) is 0 Å². The summed E-state index contributed by atoms with van der Waals surface area (Å²) in [6.45, 7) is 4.23. The van der Waals surface area contributed by atoms with Crippen molar-refractivity contribution < 1.29 is 9.53 Å². The van der Waals surface area contributed by atoms with Gasteiger partial charge in [-0.15, -0.1) is 5.10 Å². The van der Waals surface area contributed by atoms with Crippen molar-refractivity contribution in [1.29, 1.82) is 0 Å². The van der Waals surface area contributed by atoms with Crippen molar-refractivity contribution in [3.63, 3.8) is 0 Å². The molecule has 0 atom stereocenters. The van der Waals surface area contributed by atoms with Crippen LogP contribution in [0.5, 0.6) is 0 Å². The van der Waals surface area contributed by atoms with E-state index in [0.717, 1.165) is 37.5 Å². The molecule has 3 aromatic heterocycles. The number of rotatable bonds is 6. The van der Waals surface area contributed by atoms with Crippen LogP contribution in [0.25, 0.3) is 5.52 Å². The standard InChI is InChI=1S/C19H22N6O2/c26-19(15-11-16-3-1-2-6-25(16)14-15)21-5-4-20-18-12-17(13-22-23-18)24-7-9-27-10-8-24/h1-3,6,11-14H,4-5,7-10H2,(H,20,23)(H,21,26). The third-order valence-corrected chi connectivity index (χ3v) is 4.50. The molecule has 0 spiro atoms. The predicted molar refractivity (Wildman–Crippen MR) is 103 cm³/mol.